The molecule has 0 radical (unpaired) electrons. The third kappa shape index (κ3) is 4.43. The van der Waals surface area contributed by atoms with E-state index in [0.29, 0.717) is 0 Å². The molecule has 2 heteroatoms. The zero-order valence-electron chi connectivity index (χ0n) is 31.5. The Labute approximate surface area is 335 Å². The quantitative estimate of drug-likeness (QED) is 0.170. The maximum atomic E-state index is 2.49. The van der Waals surface area contributed by atoms with Gasteiger partial charge in [-0.2, -0.15) is 0 Å². The summed E-state index contributed by atoms with van der Waals surface area (Å²) in [6.45, 7) is 0. The van der Waals surface area contributed by atoms with Crippen molar-refractivity contribution in [2.45, 2.75) is 0 Å². The number of hydrogen-bond donors (Lipinski definition) is 0. The van der Waals surface area contributed by atoms with E-state index in [0.717, 1.165) is 5.69 Å². The van der Waals surface area contributed by atoms with Gasteiger partial charge in [-0.1, -0.05) is 146 Å². The smallest absolute Gasteiger partial charge is 0.0619 e. The molecule has 10 aromatic carbocycles. The van der Waals surface area contributed by atoms with Crippen molar-refractivity contribution >= 4 is 65.2 Å². The predicted molar refractivity (Wildman–Crippen MR) is 245 cm³/mol. The molecule has 0 saturated carbocycles. The van der Waals surface area contributed by atoms with Crippen LogP contribution in [0.3, 0.4) is 0 Å². The van der Waals surface area contributed by atoms with E-state index in [1.807, 2.05) is 0 Å². The summed E-state index contributed by atoms with van der Waals surface area (Å²) in [5.74, 6) is 0. The van der Waals surface area contributed by atoms with E-state index in [-0.39, 0.29) is 0 Å². The summed E-state index contributed by atoms with van der Waals surface area (Å²) in [5.41, 5.74) is 17.3. The van der Waals surface area contributed by atoms with Crippen LogP contribution >= 0.6 is 0 Å². The van der Waals surface area contributed by atoms with Crippen molar-refractivity contribution in [1.82, 2.24) is 9.13 Å². The Hall–Kier alpha value is -7.68. The highest BCUT2D eigenvalue weighted by atomic mass is 15.0. The fraction of sp³-hybridized carbons (Fsp3) is 0. The first-order valence-corrected chi connectivity index (χ1v) is 20.1. The number of nitrogens with zero attached hydrogens (tertiary/aromatic N) is 2. The first-order valence-electron chi connectivity index (χ1n) is 20.1. The molecule has 2 nitrogen and oxygen atoms in total. The Morgan fingerprint density at radius 2 is 0.845 bits per heavy atom. The van der Waals surface area contributed by atoms with E-state index in [9.17, 15) is 0 Å². The number of fused-ring (bicyclic) bond motifs is 11. The third-order valence-corrected chi connectivity index (χ3v) is 12.6. The van der Waals surface area contributed by atoms with Crippen molar-refractivity contribution in [3.8, 4) is 55.9 Å². The molecule has 268 valence electrons. The molecule has 0 spiro atoms. The first kappa shape index (κ1) is 31.5. The normalized spacial score (nSPS) is 12.1. The summed E-state index contributed by atoms with van der Waals surface area (Å²) in [5, 5.41) is 10.2. The average Bonchev–Trinajstić information content (AvgIpc) is 3.93. The number of benzene rings is 10. The van der Waals surface area contributed by atoms with Crippen molar-refractivity contribution in [2.24, 2.45) is 0 Å². The predicted octanol–water partition coefficient (Wildman–Crippen LogP) is 15.2. The Bertz CT molecular complexity index is 3670. The van der Waals surface area contributed by atoms with Crippen LogP contribution in [0.5, 0.6) is 0 Å². The van der Waals surface area contributed by atoms with E-state index in [1.165, 1.54) is 115 Å². The number of aromatic nitrogens is 2. The molecule has 0 saturated heterocycles. The second kappa shape index (κ2) is 11.9. The lowest BCUT2D eigenvalue weighted by molar-refractivity contribution is 1.18. The second-order valence-electron chi connectivity index (χ2n) is 15.7. The van der Waals surface area contributed by atoms with Gasteiger partial charge in [-0.3, -0.25) is 0 Å². The largest absolute Gasteiger partial charge is 0.309 e. The van der Waals surface area contributed by atoms with Gasteiger partial charge in [0.1, 0.15) is 0 Å². The van der Waals surface area contributed by atoms with Crippen molar-refractivity contribution in [3.05, 3.63) is 206 Å². The van der Waals surface area contributed by atoms with Crippen LogP contribution in [-0.2, 0) is 0 Å². The van der Waals surface area contributed by atoms with E-state index in [4.69, 9.17) is 0 Å². The van der Waals surface area contributed by atoms with Crippen molar-refractivity contribution in [1.29, 1.82) is 0 Å². The average molecular weight is 735 g/mol. The topological polar surface area (TPSA) is 9.86 Å². The molecule has 13 rings (SSSR count). The molecular formula is C56H34N2. The number of hydrogen-bond acceptors (Lipinski definition) is 0. The molecule has 0 fully saturated rings. The lowest BCUT2D eigenvalue weighted by atomic mass is 9.97. The maximum absolute atomic E-state index is 2.49. The van der Waals surface area contributed by atoms with Crippen LogP contribution in [-0.4, -0.2) is 9.13 Å². The maximum Gasteiger partial charge on any atom is 0.0619 e. The van der Waals surface area contributed by atoms with Gasteiger partial charge in [0.25, 0.3) is 0 Å². The molecule has 1 aliphatic rings. The molecule has 2 heterocycles. The Morgan fingerprint density at radius 3 is 1.67 bits per heavy atom. The zero-order valence-corrected chi connectivity index (χ0v) is 31.5. The summed E-state index contributed by atoms with van der Waals surface area (Å²) in [4.78, 5) is 0. The van der Waals surface area contributed by atoms with Gasteiger partial charge in [-0.05, 0) is 121 Å². The van der Waals surface area contributed by atoms with Crippen LogP contribution in [0.4, 0.5) is 0 Å². The highest BCUT2D eigenvalue weighted by Gasteiger charge is 2.22. The monoisotopic (exact) mass is 734 g/mol. The molecule has 0 unspecified atom stereocenters. The van der Waals surface area contributed by atoms with Crippen LogP contribution in [0.1, 0.15) is 0 Å². The van der Waals surface area contributed by atoms with Crippen LogP contribution < -0.4 is 0 Å². The van der Waals surface area contributed by atoms with Gasteiger partial charge in [0, 0.05) is 38.3 Å². The van der Waals surface area contributed by atoms with E-state index < -0.39 is 0 Å². The summed E-state index contributed by atoms with van der Waals surface area (Å²) in [6.07, 6.45) is 0. The van der Waals surface area contributed by atoms with Crippen LogP contribution in [0.15, 0.2) is 206 Å². The van der Waals surface area contributed by atoms with Crippen molar-refractivity contribution in [2.75, 3.05) is 0 Å². The van der Waals surface area contributed by atoms with Crippen LogP contribution in [0.25, 0.3) is 121 Å². The summed E-state index contributed by atoms with van der Waals surface area (Å²) >= 11 is 0. The zero-order chi connectivity index (χ0) is 37.9. The van der Waals surface area contributed by atoms with Crippen LogP contribution in [0.2, 0.25) is 0 Å². The van der Waals surface area contributed by atoms with E-state index in [2.05, 4.69) is 215 Å². The molecule has 1 aliphatic carbocycles. The standard InChI is InChI=1S/C56H34N2/c1-2-15-41(16-3-1)57-52-22-7-6-19-45(52)50-33-39(25-29-53(50)57)40-26-30-54-51(34-40)48-28-23-35-11-4-5-18-43(35)56(48)58(54)42-17-8-14-37(31-42)38-24-27-44-46-20-9-12-36-13-10-21-47(55(36)46)49(44)32-38/h1-34H. The molecule has 0 atom stereocenters. The van der Waals surface area contributed by atoms with E-state index >= 15 is 0 Å². The minimum absolute atomic E-state index is 1.16. The molecule has 0 bridgehead atoms. The molecule has 0 N–H and O–H groups in total. The Kier molecular flexibility index (Phi) is 6.47. The summed E-state index contributed by atoms with van der Waals surface area (Å²) in [6, 6.07) is 76.3. The molecule has 2 aromatic heterocycles. The van der Waals surface area contributed by atoms with Gasteiger partial charge < -0.3 is 9.13 Å². The Morgan fingerprint density at radius 1 is 0.259 bits per heavy atom. The van der Waals surface area contributed by atoms with Gasteiger partial charge in [-0.15, -0.1) is 0 Å². The second-order valence-corrected chi connectivity index (χ2v) is 15.7. The van der Waals surface area contributed by atoms with Gasteiger partial charge in [0.15, 0.2) is 0 Å². The van der Waals surface area contributed by atoms with Crippen LogP contribution in [0, 0.1) is 0 Å². The molecule has 0 aliphatic heterocycles. The van der Waals surface area contributed by atoms with Gasteiger partial charge in [0.2, 0.25) is 0 Å². The fourth-order valence-electron chi connectivity index (χ4n) is 10.0. The number of rotatable bonds is 4. The van der Waals surface area contributed by atoms with E-state index in [1.54, 1.807) is 0 Å². The SMILES string of the molecule is c1ccc(-n2c3ccccc3c3cc(-c4ccc5c(c4)c4ccc6ccccc6c4n5-c4cccc(-c5ccc6c(c5)-c5cccc7cccc-6c57)c4)ccc32)cc1. The lowest BCUT2D eigenvalue weighted by Crippen LogP contribution is -1.95. The van der Waals surface area contributed by atoms with Crippen molar-refractivity contribution < 1.29 is 0 Å². The molecule has 0 amide bonds. The molecule has 58 heavy (non-hydrogen) atoms. The highest BCUT2D eigenvalue weighted by Crippen LogP contribution is 2.48. The first-order chi connectivity index (χ1) is 28.8. The molecular weight excluding hydrogens is 701 g/mol. The minimum Gasteiger partial charge on any atom is -0.309 e. The van der Waals surface area contributed by atoms with Gasteiger partial charge in [-0.25, -0.2) is 0 Å². The molecule has 12 aromatic rings. The summed E-state index contributed by atoms with van der Waals surface area (Å²) in [7, 11) is 0. The Balaban J connectivity index is 0.989. The van der Waals surface area contributed by atoms with Gasteiger partial charge >= 0.3 is 0 Å². The number of para-hydroxylation sites is 2. The minimum atomic E-state index is 1.16. The summed E-state index contributed by atoms with van der Waals surface area (Å²) < 4.78 is 4.87. The van der Waals surface area contributed by atoms with Gasteiger partial charge in [0.05, 0.1) is 22.1 Å². The lowest BCUT2D eigenvalue weighted by Gasteiger charge is -2.13. The third-order valence-electron chi connectivity index (χ3n) is 12.6. The van der Waals surface area contributed by atoms with Crippen molar-refractivity contribution in [3.63, 3.8) is 0 Å². The fourth-order valence-corrected chi connectivity index (χ4v) is 10.0. The highest BCUT2D eigenvalue weighted by molar-refractivity contribution is 6.20.